The highest BCUT2D eigenvalue weighted by molar-refractivity contribution is 9.10. The van der Waals surface area contributed by atoms with E-state index in [0.29, 0.717) is 0 Å². The number of aryl methyl sites for hydroxylation is 1. The molecule has 20 heavy (non-hydrogen) atoms. The van der Waals surface area contributed by atoms with E-state index in [-0.39, 0.29) is 6.10 Å². The molecule has 0 spiro atoms. The van der Waals surface area contributed by atoms with E-state index in [1.807, 2.05) is 12.1 Å². The fourth-order valence-electron chi connectivity index (χ4n) is 2.55. The summed E-state index contributed by atoms with van der Waals surface area (Å²) in [6.07, 6.45) is 11.0. The Hall–Kier alpha value is -0.340. The first-order chi connectivity index (χ1) is 9.66. The van der Waals surface area contributed by atoms with Crippen LogP contribution in [0.2, 0.25) is 0 Å². The van der Waals surface area contributed by atoms with Gasteiger partial charge in [-0.2, -0.15) is 0 Å². The van der Waals surface area contributed by atoms with Gasteiger partial charge in [-0.05, 0) is 24.5 Å². The Balaban J connectivity index is 2.17. The van der Waals surface area contributed by atoms with Crippen molar-refractivity contribution in [3.8, 4) is 0 Å². The molecule has 114 valence electrons. The fraction of sp³-hybridized carbons (Fsp3) is 0.667. The van der Waals surface area contributed by atoms with Crippen molar-refractivity contribution < 1.29 is 5.11 Å². The SMILES string of the molecule is CCCCCCCCCCC(O)c1cccc(C)c1Br. The number of hydrogen-bond acceptors (Lipinski definition) is 1. The van der Waals surface area contributed by atoms with Crippen molar-refractivity contribution in [1.29, 1.82) is 0 Å². The average Bonchev–Trinajstić information content (AvgIpc) is 2.44. The average molecular weight is 341 g/mol. The van der Waals surface area contributed by atoms with Crippen molar-refractivity contribution in [3.05, 3.63) is 33.8 Å². The molecule has 0 radical (unpaired) electrons. The Morgan fingerprint density at radius 3 is 2.25 bits per heavy atom. The van der Waals surface area contributed by atoms with Crippen molar-refractivity contribution in [1.82, 2.24) is 0 Å². The fourth-order valence-corrected chi connectivity index (χ4v) is 3.08. The van der Waals surface area contributed by atoms with Crippen molar-refractivity contribution >= 4 is 15.9 Å². The molecule has 0 heterocycles. The summed E-state index contributed by atoms with van der Waals surface area (Å²) in [4.78, 5) is 0. The Kier molecular flexibility index (Phi) is 9.21. The van der Waals surface area contributed by atoms with Gasteiger partial charge in [-0.1, -0.05) is 92.4 Å². The van der Waals surface area contributed by atoms with Crippen LogP contribution in [0.15, 0.2) is 22.7 Å². The Morgan fingerprint density at radius 1 is 1.00 bits per heavy atom. The molecule has 0 saturated carbocycles. The smallest absolute Gasteiger partial charge is 0.0801 e. The topological polar surface area (TPSA) is 20.2 Å². The van der Waals surface area contributed by atoms with Gasteiger partial charge in [-0.25, -0.2) is 0 Å². The maximum absolute atomic E-state index is 10.3. The van der Waals surface area contributed by atoms with Gasteiger partial charge in [-0.15, -0.1) is 0 Å². The van der Waals surface area contributed by atoms with E-state index in [1.165, 1.54) is 50.5 Å². The molecule has 0 aliphatic rings. The molecule has 1 aromatic carbocycles. The number of aliphatic hydroxyl groups is 1. The predicted octanol–water partition coefficient (Wildman–Crippen LogP) is 6.32. The van der Waals surface area contributed by atoms with Crippen molar-refractivity contribution in [2.75, 3.05) is 0 Å². The highest BCUT2D eigenvalue weighted by atomic mass is 79.9. The molecule has 1 atom stereocenters. The van der Waals surface area contributed by atoms with Gasteiger partial charge in [0.15, 0.2) is 0 Å². The first-order valence-corrected chi connectivity index (χ1v) is 8.89. The molecular formula is C18H29BrO. The quantitative estimate of drug-likeness (QED) is 0.494. The Bertz CT molecular complexity index is 376. The molecule has 1 aromatic rings. The Morgan fingerprint density at radius 2 is 1.60 bits per heavy atom. The Labute approximate surface area is 132 Å². The largest absolute Gasteiger partial charge is 0.388 e. The number of halogens is 1. The zero-order chi connectivity index (χ0) is 14.8. The van der Waals surface area contributed by atoms with Gasteiger partial charge in [0.25, 0.3) is 0 Å². The van der Waals surface area contributed by atoms with Gasteiger partial charge in [-0.3, -0.25) is 0 Å². The van der Waals surface area contributed by atoms with Crippen LogP contribution in [0.5, 0.6) is 0 Å². The van der Waals surface area contributed by atoms with Crippen molar-refractivity contribution in [3.63, 3.8) is 0 Å². The number of aliphatic hydroxyl groups excluding tert-OH is 1. The molecule has 0 saturated heterocycles. The van der Waals surface area contributed by atoms with Crippen LogP contribution in [-0.4, -0.2) is 5.11 Å². The summed E-state index contributed by atoms with van der Waals surface area (Å²) in [6, 6.07) is 6.11. The third kappa shape index (κ3) is 6.41. The highest BCUT2D eigenvalue weighted by Gasteiger charge is 2.11. The summed E-state index contributed by atoms with van der Waals surface area (Å²) < 4.78 is 1.06. The monoisotopic (exact) mass is 340 g/mol. The molecule has 1 nitrogen and oxygen atoms in total. The minimum Gasteiger partial charge on any atom is -0.388 e. The number of unbranched alkanes of at least 4 members (excludes halogenated alkanes) is 7. The summed E-state index contributed by atoms with van der Waals surface area (Å²) in [6.45, 7) is 4.32. The van der Waals surface area contributed by atoms with E-state index in [9.17, 15) is 5.11 Å². The maximum Gasteiger partial charge on any atom is 0.0801 e. The lowest BCUT2D eigenvalue weighted by atomic mass is 10.0. The molecule has 0 aliphatic heterocycles. The lowest BCUT2D eigenvalue weighted by Crippen LogP contribution is -1.99. The summed E-state index contributed by atoms with van der Waals surface area (Å²) in [5.41, 5.74) is 2.23. The van der Waals surface area contributed by atoms with Crippen LogP contribution in [0.1, 0.15) is 81.9 Å². The van der Waals surface area contributed by atoms with E-state index in [0.717, 1.165) is 22.9 Å². The molecule has 1 unspecified atom stereocenters. The molecule has 0 aromatic heterocycles. The van der Waals surface area contributed by atoms with Gasteiger partial charge in [0.1, 0.15) is 0 Å². The summed E-state index contributed by atoms with van der Waals surface area (Å²) in [5.74, 6) is 0. The molecule has 0 aliphatic carbocycles. The van der Waals surface area contributed by atoms with Crippen molar-refractivity contribution in [2.24, 2.45) is 0 Å². The van der Waals surface area contributed by atoms with Crippen LogP contribution in [0, 0.1) is 6.92 Å². The summed E-state index contributed by atoms with van der Waals surface area (Å²) >= 11 is 3.58. The minimum absolute atomic E-state index is 0.329. The zero-order valence-electron chi connectivity index (χ0n) is 13.0. The number of hydrogen-bond donors (Lipinski definition) is 1. The second-order valence-corrected chi connectivity index (χ2v) is 6.55. The maximum atomic E-state index is 10.3. The van der Waals surface area contributed by atoms with Gasteiger partial charge in [0, 0.05) is 4.47 Å². The van der Waals surface area contributed by atoms with E-state index in [1.54, 1.807) is 0 Å². The summed E-state index contributed by atoms with van der Waals surface area (Å²) in [7, 11) is 0. The van der Waals surface area contributed by atoms with E-state index in [4.69, 9.17) is 0 Å². The molecule has 0 bridgehead atoms. The van der Waals surface area contributed by atoms with E-state index < -0.39 is 0 Å². The molecule has 0 fully saturated rings. The lowest BCUT2D eigenvalue weighted by molar-refractivity contribution is 0.162. The van der Waals surface area contributed by atoms with Gasteiger partial charge in [0.05, 0.1) is 6.10 Å². The van der Waals surface area contributed by atoms with Crippen LogP contribution in [-0.2, 0) is 0 Å². The first-order valence-electron chi connectivity index (χ1n) is 8.10. The van der Waals surface area contributed by atoms with Crippen LogP contribution in [0.25, 0.3) is 0 Å². The standard InChI is InChI=1S/C18H29BrO/c1-3-4-5-6-7-8-9-10-14-17(20)16-13-11-12-15(2)18(16)19/h11-13,17,20H,3-10,14H2,1-2H3. The third-order valence-corrected chi connectivity index (χ3v) is 5.00. The summed E-state index contributed by atoms with van der Waals surface area (Å²) in [5, 5.41) is 10.3. The van der Waals surface area contributed by atoms with Crippen LogP contribution in [0.4, 0.5) is 0 Å². The number of benzene rings is 1. The first kappa shape index (κ1) is 17.7. The second-order valence-electron chi connectivity index (χ2n) is 5.76. The van der Waals surface area contributed by atoms with Gasteiger partial charge < -0.3 is 5.11 Å². The molecule has 2 heteroatoms. The highest BCUT2D eigenvalue weighted by Crippen LogP contribution is 2.29. The van der Waals surface area contributed by atoms with Crippen molar-refractivity contribution in [2.45, 2.75) is 77.7 Å². The molecule has 1 N–H and O–H groups in total. The number of rotatable bonds is 10. The lowest BCUT2D eigenvalue weighted by Gasteiger charge is -2.14. The second kappa shape index (κ2) is 10.4. The third-order valence-electron chi connectivity index (χ3n) is 3.91. The molecule has 0 amide bonds. The van der Waals surface area contributed by atoms with Gasteiger partial charge >= 0.3 is 0 Å². The molecule has 1 rings (SSSR count). The predicted molar refractivity (Wildman–Crippen MR) is 91.1 cm³/mol. The van der Waals surface area contributed by atoms with Crippen LogP contribution >= 0.6 is 15.9 Å². The molecular weight excluding hydrogens is 312 g/mol. The van der Waals surface area contributed by atoms with E-state index in [2.05, 4.69) is 35.8 Å². The van der Waals surface area contributed by atoms with Crippen LogP contribution < -0.4 is 0 Å². The minimum atomic E-state index is -0.329. The normalized spacial score (nSPS) is 12.6. The zero-order valence-corrected chi connectivity index (χ0v) is 14.6. The van der Waals surface area contributed by atoms with Gasteiger partial charge in [0.2, 0.25) is 0 Å². The van der Waals surface area contributed by atoms with E-state index >= 15 is 0 Å². The van der Waals surface area contributed by atoms with Crippen LogP contribution in [0.3, 0.4) is 0 Å².